The van der Waals surface area contributed by atoms with Crippen molar-refractivity contribution >= 4 is 33.5 Å². The fourth-order valence-corrected chi connectivity index (χ4v) is 2.24. The number of esters is 1. The Morgan fingerprint density at radius 1 is 1.36 bits per heavy atom. The number of hydrogen-bond acceptors (Lipinski definition) is 6. The van der Waals surface area contributed by atoms with Gasteiger partial charge in [-0.15, -0.1) is 0 Å². The van der Waals surface area contributed by atoms with Crippen LogP contribution in [0.5, 0.6) is 11.6 Å². The minimum Gasteiger partial charge on any atom is -0.492 e. The van der Waals surface area contributed by atoms with Gasteiger partial charge in [0.05, 0.1) is 24.8 Å². The number of hydrogen-bond donors (Lipinski definition) is 1. The topological polar surface area (TPSA) is 81.5 Å². The second kappa shape index (κ2) is 6.45. The fraction of sp³-hybridized carbons (Fsp3) is 0.154. The summed E-state index contributed by atoms with van der Waals surface area (Å²) in [5.41, 5.74) is -0.326. The van der Waals surface area contributed by atoms with Crippen molar-refractivity contribution in [2.75, 3.05) is 14.2 Å². The number of aromatic nitrogens is 2. The van der Waals surface area contributed by atoms with Gasteiger partial charge in [0.2, 0.25) is 5.88 Å². The quantitative estimate of drug-likeness (QED) is 0.809. The van der Waals surface area contributed by atoms with E-state index < -0.39 is 17.7 Å². The van der Waals surface area contributed by atoms with Crippen molar-refractivity contribution in [2.24, 2.45) is 0 Å². The first-order chi connectivity index (χ1) is 10.4. The molecule has 0 saturated carbocycles. The van der Waals surface area contributed by atoms with E-state index in [9.17, 15) is 14.3 Å². The second-order valence-electron chi connectivity index (χ2n) is 3.97. The number of benzene rings is 1. The maximum absolute atomic E-state index is 14.4. The maximum Gasteiger partial charge on any atom is 0.358 e. The zero-order chi connectivity index (χ0) is 16.4. The summed E-state index contributed by atoms with van der Waals surface area (Å²) in [6.45, 7) is 0. The third kappa shape index (κ3) is 2.84. The zero-order valence-corrected chi connectivity index (χ0v) is 13.7. The number of methoxy groups -OCH3 is 2. The van der Waals surface area contributed by atoms with Gasteiger partial charge >= 0.3 is 5.97 Å². The first-order valence-corrected chi connectivity index (χ1v) is 6.95. The van der Waals surface area contributed by atoms with E-state index in [1.54, 1.807) is 0 Å². The predicted octanol–water partition coefficient (Wildman–Crippen LogP) is 3.20. The average molecular weight is 392 g/mol. The summed E-state index contributed by atoms with van der Waals surface area (Å²) in [7, 11) is 2.41. The van der Waals surface area contributed by atoms with Gasteiger partial charge in [-0.05, 0) is 28.1 Å². The molecule has 1 aromatic heterocycles. The first kappa shape index (κ1) is 16.4. The van der Waals surface area contributed by atoms with Crippen LogP contribution in [0.1, 0.15) is 10.5 Å². The molecule has 22 heavy (non-hydrogen) atoms. The van der Waals surface area contributed by atoms with Gasteiger partial charge in [-0.25, -0.2) is 14.2 Å². The lowest BCUT2D eigenvalue weighted by Gasteiger charge is -2.10. The Labute approximate surface area is 138 Å². The molecular weight excluding hydrogens is 383 g/mol. The summed E-state index contributed by atoms with van der Waals surface area (Å²) < 4.78 is 23.7. The Kier molecular flexibility index (Phi) is 4.82. The van der Waals surface area contributed by atoms with Crippen LogP contribution in [0.4, 0.5) is 4.39 Å². The SMILES string of the molecule is COC(=O)c1nc(-c2ccc(Cl)c(OC)c2F)nc(O)c1Br. The van der Waals surface area contributed by atoms with Crippen molar-refractivity contribution in [3.63, 3.8) is 0 Å². The minimum atomic E-state index is -0.813. The second-order valence-corrected chi connectivity index (χ2v) is 5.17. The van der Waals surface area contributed by atoms with Gasteiger partial charge < -0.3 is 14.6 Å². The molecule has 0 amide bonds. The van der Waals surface area contributed by atoms with E-state index in [2.05, 4.69) is 30.6 Å². The summed E-state index contributed by atoms with van der Waals surface area (Å²) in [5, 5.41) is 9.84. The number of halogens is 3. The minimum absolute atomic E-state index is 0.0514. The smallest absolute Gasteiger partial charge is 0.358 e. The van der Waals surface area contributed by atoms with Crippen LogP contribution in [0.15, 0.2) is 16.6 Å². The molecule has 9 heteroatoms. The molecule has 0 bridgehead atoms. The third-order valence-corrected chi connectivity index (χ3v) is 3.73. The lowest BCUT2D eigenvalue weighted by atomic mass is 10.1. The highest BCUT2D eigenvalue weighted by atomic mass is 79.9. The van der Waals surface area contributed by atoms with Crippen LogP contribution in [0.3, 0.4) is 0 Å². The summed E-state index contributed by atoms with van der Waals surface area (Å²) in [6, 6.07) is 2.70. The van der Waals surface area contributed by atoms with E-state index in [1.165, 1.54) is 19.2 Å². The Balaban J connectivity index is 2.69. The molecule has 1 N–H and O–H groups in total. The lowest BCUT2D eigenvalue weighted by Crippen LogP contribution is -2.08. The molecule has 0 saturated heterocycles. The van der Waals surface area contributed by atoms with Crippen molar-refractivity contribution in [1.82, 2.24) is 9.97 Å². The molecule has 116 valence electrons. The van der Waals surface area contributed by atoms with Crippen molar-refractivity contribution < 1.29 is 23.8 Å². The summed E-state index contributed by atoms with van der Waals surface area (Å²) in [4.78, 5) is 19.3. The predicted molar refractivity (Wildman–Crippen MR) is 79.7 cm³/mol. The molecule has 1 heterocycles. The van der Waals surface area contributed by atoms with Crippen LogP contribution in [0, 0.1) is 5.82 Å². The number of nitrogens with zero attached hydrogens (tertiary/aromatic N) is 2. The molecule has 0 spiro atoms. The molecule has 0 fully saturated rings. The van der Waals surface area contributed by atoms with Gasteiger partial charge in [0.15, 0.2) is 23.1 Å². The zero-order valence-electron chi connectivity index (χ0n) is 11.4. The van der Waals surface area contributed by atoms with Gasteiger partial charge in [0.1, 0.15) is 4.47 Å². The number of carbonyl (C=O) groups is 1. The monoisotopic (exact) mass is 390 g/mol. The summed E-state index contributed by atoms with van der Waals surface area (Å²) >= 11 is 8.78. The third-order valence-electron chi connectivity index (χ3n) is 2.71. The van der Waals surface area contributed by atoms with Gasteiger partial charge in [0, 0.05) is 0 Å². The van der Waals surface area contributed by atoms with E-state index in [-0.39, 0.29) is 32.3 Å². The van der Waals surface area contributed by atoms with Crippen LogP contribution in [0.2, 0.25) is 5.02 Å². The maximum atomic E-state index is 14.4. The molecular formula is C13H9BrClFN2O4. The normalized spacial score (nSPS) is 10.4. The Morgan fingerprint density at radius 2 is 2.05 bits per heavy atom. The molecule has 1 aromatic carbocycles. The Bertz CT molecular complexity index is 757. The highest BCUT2D eigenvalue weighted by Gasteiger charge is 2.22. The largest absolute Gasteiger partial charge is 0.492 e. The van der Waals surface area contributed by atoms with Gasteiger partial charge in [-0.1, -0.05) is 11.6 Å². The molecule has 2 rings (SSSR count). The standard InChI is InChI=1S/C13H9BrClFN2O4/c1-21-10-6(15)4-3-5(8(10)16)11-17-9(13(20)22-2)7(14)12(19)18-11/h3-4H,1-2H3,(H,17,18,19). The number of ether oxygens (including phenoxy) is 2. The molecule has 0 radical (unpaired) electrons. The Morgan fingerprint density at radius 3 is 2.64 bits per heavy atom. The van der Waals surface area contributed by atoms with E-state index >= 15 is 0 Å². The Hall–Kier alpha value is -1.93. The summed E-state index contributed by atoms with van der Waals surface area (Å²) in [5.74, 6) is -2.56. The molecule has 2 aromatic rings. The van der Waals surface area contributed by atoms with E-state index in [1.807, 2.05) is 0 Å². The van der Waals surface area contributed by atoms with Crippen LogP contribution in [-0.2, 0) is 4.74 Å². The summed E-state index contributed by atoms with van der Waals surface area (Å²) in [6.07, 6.45) is 0. The first-order valence-electron chi connectivity index (χ1n) is 5.77. The van der Waals surface area contributed by atoms with Crippen LogP contribution in [0.25, 0.3) is 11.4 Å². The van der Waals surface area contributed by atoms with Crippen LogP contribution >= 0.6 is 27.5 Å². The highest BCUT2D eigenvalue weighted by molar-refractivity contribution is 9.10. The van der Waals surface area contributed by atoms with Gasteiger partial charge in [-0.3, -0.25) is 0 Å². The number of aromatic hydroxyl groups is 1. The number of carbonyl (C=O) groups excluding carboxylic acids is 1. The number of rotatable bonds is 3. The van der Waals surface area contributed by atoms with Crippen LogP contribution < -0.4 is 4.74 Å². The molecule has 0 aliphatic rings. The fourth-order valence-electron chi connectivity index (χ4n) is 1.68. The molecule has 0 aliphatic heterocycles. The van der Waals surface area contributed by atoms with E-state index in [0.29, 0.717) is 0 Å². The van der Waals surface area contributed by atoms with Crippen LogP contribution in [-0.4, -0.2) is 35.3 Å². The van der Waals surface area contributed by atoms with Gasteiger partial charge in [0.25, 0.3) is 0 Å². The van der Waals surface area contributed by atoms with E-state index in [0.717, 1.165) is 7.11 Å². The van der Waals surface area contributed by atoms with Crippen molar-refractivity contribution in [2.45, 2.75) is 0 Å². The highest BCUT2D eigenvalue weighted by Crippen LogP contribution is 2.35. The lowest BCUT2D eigenvalue weighted by molar-refractivity contribution is 0.0592. The average Bonchev–Trinajstić information content (AvgIpc) is 2.50. The van der Waals surface area contributed by atoms with Crippen molar-refractivity contribution in [1.29, 1.82) is 0 Å². The van der Waals surface area contributed by atoms with Gasteiger partial charge in [-0.2, -0.15) is 4.98 Å². The molecule has 0 aliphatic carbocycles. The van der Waals surface area contributed by atoms with Crippen molar-refractivity contribution in [3.8, 4) is 23.0 Å². The molecule has 0 unspecified atom stereocenters. The van der Waals surface area contributed by atoms with Crippen molar-refractivity contribution in [3.05, 3.63) is 33.1 Å². The van der Waals surface area contributed by atoms with E-state index in [4.69, 9.17) is 16.3 Å². The molecule has 6 nitrogen and oxygen atoms in total. The molecule has 0 atom stereocenters.